The molecule has 1 rings (SSSR count). The van der Waals surface area contributed by atoms with Crippen molar-refractivity contribution in [3.8, 4) is 0 Å². The van der Waals surface area contributed by atoms with Gasteiger partial charge in [0.1, 0.15) is 12.1 Å². The summed E-state index contributed by atoms with van der Waals surface area (Å²) in [5.74, 6) is 0. The SMILES string of the molecule is CO[C@@H]1O[C@H](CO)C(O[Si](C)(C)C)C(O[Si](C)(C)C)C1N=[N+]=[N-]. The summed E-state index contributed by atoms with van der Waals surface area (Å²) in [6, 6.07) is -0.666. The number of azide groups is 1. The number of aliphatic hydroxyl groups excluding tert-OH is 1. The Morgan fingerprint density at radius 2 is 1.61 bits per heavy atom. The maximum atomic E-state index is 9.71. The monoisotopic (exact) mass is 363 g/mol. The van der Waals surface area contributed by atoms with Crippen molar-refractivity contribution in [1.29, 1.82) is 0 Å². The molecular weight excluding hydrogens is 334 g/mol. The quantitative estimate of drug-likeness (QED) is 0.324. The standard InChI is InChI=1S/C13H29N3O5Si2/c1-18-13-10(15-16-14)12(21-23(5,6)7)11(9(8-17)19-13)20-22(2,3)4/h9-13,17H,8H2,1-7H3/t9-,10?,11?,12?,13-/m1/s1. The fourth-order valence-corrected chi connectivity index (χ4v) is 4.70. The van der Waals surface area contributed by atoms with Gasteiger partial charge in [-0.25, -0.2) is 0 Å². The van der Waals surface area contributed by atoms with E-state index in [1.807, 2.05) is 0 Å². The Balaban J connectivity index is 3.24. The average Bonchev–Trinajstić information content (AvgIpc) is 2.40. The largest absolute Gasteiger partial charge is 0.411 e. The van der Waals surface area contributed by atoms with E-state index < -0.39 is 47.3 Å². The van der Waals surface area contributed by atoms with Gasteiger partial charge in [0.2, 0.25) is 0 Å². The molecule has 0 radical (unpaired) electrons. The van der Waals surface area contributed by atoms with Crippen LogP contribution in [0.15, 0.2) is 5.11 Å². The maximum absolute atomic E-state index is 9.71. The van der Waals surface area contributed by atoms with Gasteiger partial charge in [-0.3, -0.25) is 0 Å². The summed E-state index contributed by atoms with van der Waals surface area (Å²) in [7, 11) is -2.42. The summed E-state index contributed by atoms with van der Waals surface area (Å²) in [5, 5.41) is 13.5. The van der Waals surface area contributed by atoms with E-state index in [0.717, 1.165) is 0 Å². The lowest BCUT2D eigenvalue weighted by Gasteiger charge is -2.47. The number of rotatable bonds is 7. The smallest absolute Gasteiger partial charge is 0.184 e. The Labute approximate surface area is 140 Å². The van der Waals surface area contributed by atoms with Crippen molar-refractivity contribution in [1.82, 2.24) is 0 Å². The van der Waals surface area contributed by atoms with Crippen LogP contribution >= 0.6 is 0 Å². The first-order valence-corrected chi connectivity index (χ1v) is 14.5. The van der Waals surface area contributed by atoms with Crippen molar-refractivity contribution in [3.05, 3.63) is 10.4 Å². The summed E-state index contributed by atoms with van der Waals surface area (Å²) >= 11 is 0. The van der Waals surface area contributed by atoms with Gasteiger partial charge in [-0.15, -0.1) is 0 Å². The number of ether oxygens (including phenoxy) is 2. The normalized spacial score (nSPS) is 32.4. The molecule has 1 saturated heterocycles. The van der Waals surface area contributed by atoms with E-state index in [-0.39, 0.29) is 6.61 Å². The number of hydrogen-bond acceptors (Lipinski definition) is 6. The molecule has 0 aromatic rings. The number of methoxy groups -OCH3 is 1. The highest BCUT2D eigenvalue weighted by Crippen LogP contribution is 2.32. The molecule has 10 heteroatoms. The second kappa shape index (κ2) is 8.08. The molecule has 0 saturated carbocycles. The van der Waals surface area contributed by atoms with Gasteiger partial charge in [-0.05, 0) is 44.8 Å². The first kappa shape index (κ1) is 20.6. The van der Waals surface area contributed by atoms with Crippen LogP contribution in [0, 0.1) is 0 Å². The lowest BCUT2D eigenvalue weighted by atomic mass is 9.98. The first-order chi connectivity index (χ1) is 10.5. The zero-order chi connectivity index (χ0) is 17.8. The highest BCUT2D eigenvalue weighted by Gasteiger charge is 2.49. The van der Waals surface area contributed by atoms with Crippen LogP contribution in [0.2, 0.25) is 39.3 Å². The van der Waals surface area contributed by atoms with Crippen molar-refractivity contribution < 1.29 is 23.4 Å². The predicted molar refractivity (Wildman–Crippen MR) is 92.1 cm³/mol. The summed E-state index contributed by atoms with van der Waals surface area (Å²) in [6.07, 6.45) is -2.37. The highest BCUT2D eigenvalue weighted by atomic mass is 28.4. The van der Waals surface area contributed by atoms with Gasteiger partial charge in [0.15, 0.2) is 22.9 Å². The predicted octanol–water partition coefficient (Wildman–Crippen LogP) is 2.47. The Bertz CT molecular complexity index is 434. The van der Waals surface area contributed by atoms with E-state index in [2.05, 4.69) is 49.3 Å². The maximum Gasteiger partial charge on any atom is 0.184 e. The molecule has 0 aliphatic carbocycles. The minimum atomic E-state index is -1.96. The molecule has 0 bridgehead atoms. The minimum absolute atomic E-state index is 0.219. The van der Waals surface area contributed by atoms with Crippen molar-refractivity contribution in [2.75, 3.05) is 13.7 Å². The van der Waals surface area contributed by atoms with Gasteiger partial charge in [0.25, 0.3) is 0 Å². The van der Waals surface area contributed by atoms with E-state index in [1.165, 1.54) is 7.11 Å². The van der Waals surface area contributed by atoms with Gasteiger partial charge in [0.05, 0.1) is 18.8 Å². The first-order valence-electron chi connectivity index (χ1n) is 7.71. The zero-order valence-corrected chi connectivity index (χ0v) is 17.0. The van der Waals surface area contributed by atoms with Crippen LogP contribution < -0.4 is 0 Å². The van der Waals surface area contributed by atoms with Crippen LogP contribution in [0.1, 0.15) is 0 Å². The van der Waals surface area contributed by atoms with Crippen molar-refractivity contribution in [2.45, 2.75) is 69.9 Å². The van der Waals surface area contributed by atoms with E-state index in [1.54, 1.807) is 0 Å². The fourth-order valence-electron chi connectivity index (χ4n) is 2.51. The molecule has 1 aliphatic rings. The summed E-state index contributed by atoms with van der Waals surface area (Å²) < 4.78 is 23.5. The summed E-state index contributed by atoms with van der Waals surface area (Å²) in [4.78, 5) is 2.91. The molecule has 5 atom stereocenters. The molecule has 1 heterocycles. The van der Waals surface area contributed by atoms with Gasteiger partial charge >= 0.3 is 0 Å². The van der Waals surface area contributed by atoms with Gasteiger partial charge in [-0.1, -0.05) is 5.11 Å². The summed E-state index contributed by atoms with van der Waals surface area (Å²) in [6.45, 7) is 12.1. The second-order valence-electron chi connectivity index (χ2n) is 7.55. The highest BCUT2D eigenvalue weighted by molar-refractivity contribution is 6.70. The van der Waals surface area contributed by atoms with Crippen molar-refractivity contribution in [3.63, 3.8) is 0 Å². The zero-order valence-electron chi connectivity index (χ0n) is 15.0. The van der Waals surface area contributed by atoms with Gasteiger partial charge in [-0.2, -0.15) is 0 Å². The molecule has 1 aliphatic heterocycles. The van der Waals surface area contributed by atoms with Crippen LogP contribution in [0.4, 0.5) is 0 Å². The Kier molecular flexibility index (Phi) is 7.23. The number of aliphatic hydroxyl groups is 1. The van der Waals surface area contributed by atoms with Gasteiger partial charge < -0.3 is 23.4 Å². The topological polar surface area (TPSA) is 106 Å². The second-order valence-corrected chi connectivity index (χ2v) is 16.5. The molecule has 1 N–H and O–H groups in total. The minimum Gasteiger partial charge on any atom is -0.411 e. The van der Waals surface area contributed by atoms with Crippen LogP contribution in [-0.2, 0) is 18.3 Å². The third-order valence-corrected chi connectivity index (χ3v) is 5.15. The molecule has 0 spiro atoms. The summed E-state index contributed by atoms with van der Waals surface area (Å²) in [5.41, 5.74) is 8.91. The number of nitrogens with zero attached hydrogens (tertiary/aromatic N) is 3. The molecular formula is C13H29N3O5Si2. The van der Waals surface area contributed by atoms with E-state index in [4.69, 9.17) is 23.9 Å². The van der Waals surface area contributed by atoms with Crippen LogP contribution in [0.5, 0.6) is 0 Å². The van der Waals surface area contributed by atoms with Crippen molar-refractivity contribution in [2.24, 2.45) is 5.11 Å². The van der Waals surface area contributed by atoms with Gasteiger partial charge in [0, 0.05) is 12.0 Å². The van der Waals surface area contributed by atoms with Crippen LogP contribution in [0.25, 0.3) is 10.4 Å². The van der Waals surface area contributed by atoms with E-state index in [0.29, 0.717) is 0 Å². The van der Waals surface area contributed by atoms with E-state index in [9.17, 15) is 5.11 Å². The van der Waals surface area contributed by atoms with Crippen molar-refractivity contribution >= 4 is 16.6 Å². The molecule has 23 heavy (non-hydrogen) atoms. The average molecular weight is 364 g/mol. The molecule has 3 unspecified atom stereocenters. The third kappa shape index (κ3) is 6.16. The lowest BCUT2D eigenvalue weighted by molar-refractivity contribution is -0.251. The molecule has 0 aromatic carbocycles. The molecule has 0 amide bonds. The Hall–Kier alpha value is -0.456. The third-order valence-electron chi connectivity index (χ3n) is 3.19. The fraction of sp³-hybridized carbons (Fsp3) is 1.00. The molecule has 1 fully saturated rings. The Morgan fingerprint density at radius 3 is 2.00 bits per heavy atom. The molecule has 0 aromatic heterocycles. The van der Waals surface area contributed by atoms with Crippen LogP contribution in [0.3, 0.4) is 0 Å². The lowest BCUT2D eigenvalue weighted by Crippen LogP contribution is -2.63. The molecule has 8 nitrogen and oxygen atoms in total. The van der Waals surface area contributed by atoms with Crippen LogP contribution in [-0.4, -0.2) is 66.1 Å². The van der Waals surface area contributed by atoms with E-state index >= 15 is 0 Å². The number of hydrogen-bond donors (Lipinski definition) is 1. The Morgan fingerprint density at radius 1 is 1.09 bits per heavy atom. The molecule has 134 valence electrons.